The average Bonchev–Trinajstić information content (AvgIpc) is 2.34. The summed E-state index contributed by atoms with van der Waals surface area (Å²) in [4.78, 5) is 0. The summed E-state index contributed by atoms with van der Waals surface area (Å²) in [5.41, 5.74) is 8.79. The van der Waals surface area contributed by atoms with E-state index in [1.54, 1.807) is 18.2 Å². The highest BCUT2D eigenvalue weighted by Gasteiger charge is 2.09. The zero-order valence-corrected chi connectivity index (χ0v) is 11.6. The topological polar surface area (TPSA) is 35.2 Å². The molecule has 2 aromatic carbocycles. The molecule has 4 heteroatoms. The van der Waals surface area contributed by atoms with Crippen LogP contribution in [0.4, 0.5) is 10.1 Å². The van der Waals surface area contributed by atoms with Crippen molar-refractivity contribution in [3.8, 4) is 5.75 Å². The fourth-order valence-electron chi connectivity index (χ4n) is 1.82. The normalized spacial score (nSPS) is 10.5. The van der Waals surface area contributed by atoms with Crippen LogP contribution in [0.15, 0.2) is 30.3 Å². The van der Waals surface area contributed by atoms with Gasteiger partial charge in [0.2, 0.25) is 0 Å². The van der Waals surface area contributed by atoms with Gasteiger partial charge in [-0.15, -0.1) is 0 Å². The van der Waals surface area contributed by atoms with Crippen LogP contribution in [-0.4, -0.2) is 0 Å². The Balaban J connectivity index is 2.22. The van der Waals surface area contributed by atoms with Gasteiger partial charge < -0.3 is 10.5 Å². The molecule has 19 heavy (non-hydrogen) atoms. The molecule has 0 heterocycles. The predicted molar refractivity (Wildman–Crippen MR) is 76.1 cm³/mol. The van der Waals surface area contributed by atoms with Crippen molar-refractivity contribution in [3.05, 3.63) is 57.9 Å². The smallest absolute Gasteiger partial charge is 0.131 e. The zero-order valence-electron chi connectivity index (χ0n) is 10.8. The lowest BCUT2D eigenvalue weighted by molar-refractivity contribution is 0.298. The standard InChI is InChI=1S/C15H15ClFNO/c1-9-6-10(2)15(7-14(9)18)19-8-11-12(16)4-3-5-13(11)17/h3-7H,8,18H2,1-2H3. The van der Waals surface area contributed by atoms with E-state index in [4.69, 9.17) is 22.1 Å². The molecule has 0 radical (unpaired) electrons. The molecular formula is C15H15ClFNO. The molecule has 0 saturated heterocycles. The highest BCUT2D eigenvalue weighted by molar-refractivity contribution is 6.31. The number of benzene rings is 2. The van der Waals surface area contributed by atoms with Crippen LogP contribution >= 0.6 is 11.6 Å². The summed E-state index contributed by atoms with van der Waals surface area (Å²) >= 11 is 5.95. The number of halogens is 2. The van der Waals surface area contributed by atoms with Crippen LogP contribution in [0.5, 0.6) is 5.75 Å². The number of hydrogen-bond acceptors (Lipinski definition) is 2. The SMILES string of the molecule is Cc1cc(C)c(OCc2c(F)cccc2Cl)cc1N. The van der Waals surface area contributed by atoms with E-state index in [9.17, 15) is 4.39 Å². The lowest BCUT2D eigenvalue weighted by atomic mass is 10.1. The molecule has 2 nitrogen and oxygen atoms in total. The number of nitrogen functional groups attached to an aromatic ring is 1. The van der Waals surface area contributed by atoms with E-state index in [2.05, 4.69) is 0 Å². The molecule has 0 saturated carbocycles. The van der Waals surface area contributed by atoms with Crippen LogP contribution in [0.25, 0.3) is 0 Å². The molecule has 0 amide bonds. The van der Waals surface area contributed by atoms with Crippen LogP contribution in [0.1, 0.15) is 16.7 Å². The fraction of sp³-hybridized carbons (Fsp3) is 0.200. The van der Waals surface area contributed by atoms with Gasteiger partial charge in [-0.1, -0.05) is 23.7 Å². The Hall–Kier alpha value is -1.74. The Morgan fingerprint density at radius 3 is 2.63 bits per heavy atom. The van der Waals surface area contributed by atoms with Crippen molar-refractivity contribution in [2.75, 3.05) is 5.73 Å². The Morgan fingerprint density at radius 2 is 1.95 bits per heavy atom. The number of ether oxygens (including phenoxy) is 1. The van der Waals surface area contributed by atoms with Crippen molar-refractivity contribution in [2.24, 2.45) is 0 Å². The molecule has 0 atom stereocenters. The minimum Gasteiger partial charge on any atom is -0.488 e. The Kier molecular flexibility index (Phi) is 3.96. The van der Waals surface area contributed by atoms with Crippen molar-refractivity contribution >= 4 is 17.3 Å². The first-order valence-electron chi connectivity index (χ1n) is 5.91. The van der Waals surface area contributed by atoms with Crippen LogP contribution < -0.4 is 10.5 Å². The average molecular weight is 280 g/mol. The summed E-state index contributed by atoms with van der Waals surface area (Å²) in [5, 5.41) is 0.359. The molecule has 2 aromatic rings. The van der Waals surface area contributed by atoms with Crippen LogP contribution in [0.3, 0.4) is 0 Å². The number of anilines is 1. The van der Waals surface area contributed by atoms with E-state index in [1.165, 1.54) is 6.07 Å². The number of nitrogens with two attached hydrogens (primary N) is 1. The van der Waals surface area contributed by atoms with Crippen molar-refractivity contribution in [1.82, 2.24) is 0 Å². The molecule has 0 spiro atoms. The highest BCUT2D eigenvalue weighted by Crippen LogP contribution is 2.27. The minimum absolute atomic E-state index is 0.0782. The van der Waals surface area contributed by atoms with Gasteiger partial charge >= 0.3 is 0 Å². The Morgan fingerprint density at radius 1 is 1.21 bits per heavy atom. The van der Waals surface area contributed by atoms with Crippen molar-refractivity contribution in [1.29, 1.82) is 0 Å². The lowest BCUT2D eigenvalue weighted by Gasteiger charge is -2.12. The summed E-state index contributed by atoms with van der Waals surface area (Å²) in [6.07, 6.45) is 0. The van der Waals surface area contributed by atoms with Gasteiger partial charge in [-0.25, -0.2) is 4.39 Å². The van der Waals surface area contributed by atoms with Crippen molar-refractivity contribution < 1.29 is 9.13 Å². The molecule has 0 bridgehead atoms. The van der Waals surface area contributed by atoms with Gasteiger partial charge in [-0.05, 0) is 37.1 Å². The van der Waals surface area contributed by atoms with E-state index in [0.717, 1.165) is 11.1 Å². The number of aryl methyl sites for hydroxylation is 2. The zero-order chi connectivity index (χ0) is 14.0. The molecule has 100 valence electrons. The maximum Gasteiger partial charge on any atom is 0.131 e. The van der Waals surface area contributed by atoms with Gasteiger partial charge in [-0.3, -0.25) is 0 Å². The van der Waals surface area contributed by atoms with E-state index in [1.807, 2.05) is 19.9 Å². The van der Waals surface area contributed by atoms with Crippen LogP contribution in [0.2, 0.25) is 5.02 Å². The molecular weight excluding hydrogens is 265 g/mol. The molecule has 0 aliphatic carbocycles. The fourth-order valence-corrected chi connectivity index (χ4v) is 2.04. The van der Waals surface area contributed by atoms with Gasteiger partial charge in [0.05, 0.1) is 5.02 Å². The molecule has 0 unspecified atom stereocenters. The summed E-state index contributed by atoms with van der Waals surface area (Å²) in [6, 6.07) is 8.25. The molecule has 0 aliphatic rings. The summed E-state index contributed by atoms with van der Waals surface area (Å²) < 4.78 is 19.2. The second-order valence-corrected chi connectivity index (χ2v) is 4.87. The third-order valence-corrected chi connectivity index (χ3v) is 3.35. The molecule has 0 aliphatic heterocycles. The van der Waals surface area contributed by atoms with E-state index >= 15 is 0 Å². The summed E-state index contributed by atoms with van der Waals surface area (Å²) in [7, 11) is 0. The third kappa shape index (κ3) is 2.99. The quantitative estimate of drug-likeness (QED) is 0.852. The highest BCUT2D eigenvalue weighted by atomic mass is 35.5. The third-order valence-electron chi connectivity index (χ3n) is 3.00. The minimum atomic E-state index is -0.370. The Labute approximate surface area is 117 Å². The van der Waals surface area contributed by atoms with E-state index in [-0.39, 0.29) is 12.4 Å². The number of hydrogen-bond donors (Lipinski definition) is 1. The molecule has 0 fully saturated rings. The Bertz CT molecular complexity index is 593. The van der Waals surface area contributed by atoms with Gasteiger partial charge in [0.15, 0.2) is 0 Å². The second kappa shape index (κ2) is 5.49. The first-order chi connectivity index (χ1) is 8.99. The first-order valence-corrected chi connectivity index (χ1v) is 6.29. The predicted octanol–water partition coefficient (Wildman–Crippen LogP) is 4.26. The molecule has 0 aromatic heterocycles. The maximum atomic E-state index is 13.6. The van der Waals surface area contributed by atoms with E-state index in [0.29, 0.717) is 22.0 Å². The van der Waals surface area contributed by atoms with Crippen molar-refractivity contribution in [2.45, 2.75) is 20.5 Å². The van der Waals surface area contributed by atoms with Crippen molar-refractivity contribution in [3.63, 3.8) is 0 Å². The van der Waals surface area contributed by atoms with Gasteiger partial charge in [0.1, 0.15) is 18.2 Å². The number of rotatable bonds is 3. The van der Waals surface area contributed by atoms with Gasteiger partial charge in [0, 0.05) is 17.3 Å². The molecule has 2 N–H and O–H groups in total. The second-order valence-electron chi connectivity index (χ2n) is 4.46. The van der Waals surface area contributed by atoms with Gasteiger partial charge in [0.25, 0.3) is 0 Å². The van der Waals surface area contributed by atoms with Crippen LogP contribution in [-0.2, 0) is 6.61 Å². The summed E-state index contributed by atoms with van der Waals surface area (Å²) in [6.45, 7) is 3.93. The monoisotopic (exact) mass is 279 g/mol. The lowest BCUT2D eigenvalue weighted by Crippen LogP contribution is -2.02. The first kappa shape index (κ1) is 13.7. The maximum absolute atomic E-state index is 13.6. The largest absolute Gasteiger partial charge is 0.488 e. The van der Waals surface area contributed by atoms with Gasteiger partial charge in [-0.2, -0.15) is 0 Å². The summed E-state index contributed by atoms with van der Waals surface area (Å²) in [5.74, 6) is 0.271. The van der Waals surface area contributed by atoms with Crippen LogP contribution in [0, 0.1) is 19.7 Å². The van der Waals surface area contributed by atoms with E-state index < -0.39 is 0 Å². The molecule has 2 rings (SSSR count).